The van der Waals surface area contributed by atoms with Crippen LogP contribution in [0.15, 0.2) is 115 Å². The quantitative estimate of drug-likeness (QED) is 0.174. The molecular formula is C35H36N2O5. The van der Waals surface area contributed by atoms with Crippen molar-refractivity contribution in [3.8, 4) is 23.0 Å². The number of methoxy groups -OCH3 is 1. The van der Waals surface area contributed by atoms with Crippen molar-refractivity contribution >= 4 is 10.9 Å². The van der Waals surface area contributed by atoms with E-state index in [9.17, 15) is 10.2 Å². The van der Waals surface area contributed by atoms with Gasteiger partial charge in [0.1, 0.15) is 35.7 Å². The summed E-state index contributed by atoms with van der Waals surface area (Å²) in [5.74, 6) is 2.85. The normalized spacial score (nSPS) is 12.7. The molecule has 216 valence electrons. The number of aliphatic hydroxyl groups excluding tert-OH is 2. The number of hydrogen-bond acceptors (Lipinski definition) is 7. The van der Waals surface area contributed by atoms with Crippen LogP contribution >= 0.6 is 0 Å². The summed E-state index contributed by atoms with van der Waals surface area (Å²) in [7, 11) is 1.64. The van der Waals surface area contributed by atoms with Gasteiger partial charge in [-0.25, -0.2) is 0 Å². The smallest absolute Gasteiger partial charge is 0.138 e. The molecule has 7 nitrogen and oxygen atoms in total. The third kappa shape index (κ3) is 7.85. The van der Waals surface area contributed by atoms with Crippen LogP contribution in [0.5, 0.6) is 23.0 Å². The highest BCUT2D eigenvalue weighted by atomic mass is 16.5. The zero-order valence-corrected chi connectivity index (χ0v) is 23.7. The number of aliphatic hydroxyl groups is 2. The molecule has 5 rings (SSSR count). The molecule has 0 aliphatic carbocycles. The van der Waals surface area contributed by atoms with E-state index in [1.807, 2.05) is 97.1 Å². The van der Waals surface area contributed by atoms with Crippen LogP contribution in [-0.2, 0) is 13.0 Å². The molecule has 1 aromatic heterocycles. The molecular weight excluding hydrogens is 528 g/mol. The van der Waals surface area contributed by atoms with Crippen LogP contribution in [-0.4, -0.2) is 59.1 Å². The molecule has 1 heterocycles. The summed E-state index contributed by atoms with van der Waals surface area (Å²) in [4.78, 5) is 6.54. The Morgan fingerprint density at radius 1 is 0.786 bits per heavy atom. The Morgan fingerprint density at radius 3 is 2.21 bits per heavy atom. The van der Waals surface area contributed by atoms with E-state index in [1.165, 1.54) is 0 Å². The van der Waals surface area contributed by atoms with Gasteiger partial charge in [-0.3, -0.25) is 9.88 Å². The first kappa shape index (κ1) is 29.1. The van der Waals surface area contributed by atoms with E-state index < -0.39 is 6.10 Å². The summed E-state index contributed by atoms with van der Waals surface area (Å²) in [5, 5.41) is 22.2. The highest BCUT2D eigenvalue weighted by Gasteiger charge is 2.22. The SMILES string of the molecule is COc1ccc2nccc(Oc3ccc(C[C@@H](CO)N(Cc4ccccc4)C[C@H](O)COc4ccccc4)cc3)c2c1. The van der Waals surface area contributed by atoms with Crippen molar-refractivity contribution in [1.82, 2.24) is 9.88 Å². The predicted octanol–water partition coefficient (Wildman–Crippen LogP) is 5.88. The number of pyridine rings is 1. The molecule has 0 aliphatic heterocycles. The lowest BCUT2D eigenvalue weighted by Crippen LogP contribution is -2.44. The first-order chi connectivity index (χ1) is 20.6. The molecule has 0 amide bonds. The lowest BCUT2D eigenvalue weighted by Gasteiger charge is -2.32. The standard InChI is InChI=1S/C35H36N2O5/c1-40-32-16-17-34-33(21-32)35(18-19-36-34)42-31-14-12-26(13-15-31)20-28(24-38)37(22-27-8-4-2-5-9-27)23-29(39)25-41-30-10-6-3-7-11-30/h2-19,21,28-29,38-39H,20,22-25H2,1H3/t28-,29-/m0/s1. The van der Waals surface area contributed by atoms with Crippen LogP contribution in [0.4, 0.5) is 0 Å². The third-order valence-electron chi connectivity index (χ3n) is 7.12. The van der Waals surface area contributed by atoms with Crippen molar-refractivity contribution in [2.45, 2.75) is 25.1 Å². The molecule has 0 saturated carbocycles. The number of para-hydroxylation sites is 1. The second-order valence-electron chi connectivity index (χ2n) is 10.2. The average molecular weight is 565 g/mol. The van der Waals surface area contributed by atoms with E-state index in [0.29, 0.717) is 36.8 Å². The van der Waals surface area contributed by atoms with Crippen LogP contribution < -0.4 is 14.2 Å². The van der Waals surface area contributed by atoms with Crippen LogP contribution in [0.25, 0.3) is 10.9 Å². The van der Waals surface area contributed by atoms with E-state index in [-0.39, 0.29) is 19.3 Å². The first-order valence-corrected chi connectivity index (χ1v) is 14.1. The summed E-state index contributed by atoms with van der Waals surface area (Å²) < 4.78 is 17.4. The van der Waals surface area contributed by atoms with E-state index in [0.717, 1.165) is 27.8 Å². The average Bonchev–Trinajstić information content (AvgIpc) is 3.04. The number of aromatic nitrogens is 1. The molecule has 2 N–H and O–H groups in total. The molecule has 0 fully saturated rings. The summed E-state index contributed by atoms with van der Waals surface area (Å²) >= 11 is 0. The molecule has 5 aromatic rings. The van der Waals surface area contributed by atoms with Gasteiger partial charge >= 0.3 is 0 Å². The zero-order chi connectivity index (χ0) is 29.1. The van der Waals surface area contributed by atoms with Gasteiger partial charge in [-0.15, -0.1) is 0 Å². The maximum absolute atomic E-state index is 10.9. The molecule has 7 heteroatoms. The van der Waals surface area contributed by atoms with Crippen molar-refractivity contribution in [1.29, 1.82) is 0 Å². The fraction of sp³-hybridized carbons (Fsp3) is 0.229. The number of fused-ring (bicyclic) bond motifs is 1. The molecule has 4 aromatic carbocycles. The predicted molar refractivity (Wildman–Crippen MR) is 164 cm³/mol. The molecule has 0 radical (unpaired) electrons. The minimum absolute atomic E-state index is 0.0534. The van der Waals surface area contributed by atoms with Crippen molar-refractivity contribution in [3.05, 3.63) is 127 Å². The molecule has 0 spiro atoms. The molecule has 42 heavy (non-hydrogen) atoms. The van der Waals surface area contributed by atoms with Gasteiger partial charge in [-0.05, 0) is 66.1 Å². The molecule has 0 unspecified atom stereocenters. The highest BCUT2D eigenvalue weighted by molar-refractivity contribution is 5.86. The Labute approximate surface area is 246 Å². The van der Waals surface area contributed by atoms with Crippen LogP contribution in [0.2, 0.25) is 0 Å². The number of rotatable bonds is 14. The molecule has 2 atom stereocenters. The molecule has 0 bridgehead atoms. The number of benzene rings is 4. The minimum Gasteiger partial charge on any atom is -0.497 e. The van der Waals surface area contributed by atoms with Crippen molar-refractivity contribution < 1.29 is 24.4 Å². The maximum atomic E-state index is 10.9. The Hall–Kier alpha value is -4.43. The Balaban J connectivity index is 1.27. The van der Waals surface area contributed by atoms with E-state index in [1.54, 1.807) is 13.3 Å². The summed E-state index contributed by atoms with van der Waals surface area (Å²) in [6.45, 7) is 1.05. The van der Waals surface area contributed by atoms with E-state index in [2.05, 4.69) is 22.0 Å². The summed E-state index contributed by atoms with van der Waals surface area (Å²) in [6.07, 6.45) is 1.60. The monoisotopic (exact) mass is 564 g/mol. The third-order valence-corrected chi connectivity index (χ3v) is 7.12. The van der Waals surface area contributed by atoms with Crippen LogP contribution in [0, 0.1) is 0 Å². The van der Waals surface area contributed by atoms with Gasteiger partial charge in [0.25, 0.3) is 0 Å². The zero-order valence-electron chi connectivity index (χ0n) is 23.7. The second kappa shape index (κ2) is 14.5. The van der Waals surface area contributed by atoms with Crippen molar-refractivity contribution in [2.75, 3.05) is 26.9 Å². The number of nitrogens with zero attached hydrogens (tertiary/aromatic N) is 2. The van der Waals surface area contributed by atoms with E-state index >= 15 is 0 Å². The largest absolute Gasteiger partial charge is 0.497 e. The fourth-order valence-electron chi connectivity index (χ4n) is 4.91. The lowest BCUT2D eigenvalue weighted by atomic mass is 10.0. The van der Waals surface area contributed by atoms with Crippen LogP contribution in [0.3, 0.4) is 0 Å². The van der Waals surface area contributed by atoms with Gasteiger partial charge in [0, 0.05) is 30.7 Å². The highest BCUT2D eigenvalue weighted by Crippen LogP contribution is 2.31. The van der Waals surface area contributed by atoms with Gasteiger partial charge < -0.3 is 24.4 Å². The van der Waals surface area contributed by atoms with Gasteiger partial charge in [-0.2, -0.15) is 0 Å². The number of hydrogen-bond donors (Lipinski definition) is 2. The van der Waals surface area contributed by atoms with Gasteiger partial charge in [-0.1, -0.05) is 60.7 Å². The Morgan fingerprint density at radius 2 is 1.50 bits per heavy atom. The van der Waals surface area contributed by atoms with Gasteiger partial charge in [0.05, 0.1) is 19.2 Å². The van der Waals surface area contributed by atoms with Crippen molar-refractivity contribution in [2.24, 2.45) is 0 Å². The Bertz CT molecular complexity index is 1530. The first-order valence-electron chi connectivity index (χ1n) is 14.1. The number of ether oxygens (including phenoxy) is 3. The fourth-order valence-corrected chi connectivity index (χ4v) is 4.91. The van der Waals surface area contributed by atoms with Crippen molar-refractivity contribution in [3.63, 3.8) is 0 Å². The molecule has 0 saturated heterocycles. The summed E-state index contributed by atoms with van der Waals surface area (Å²) in [5.41, 5.74) is 2.98. The molecule has 0 aliphatic rings. The summed E-state index contributed by atoms with van der Waals surface area (Å²) in [6, 6.07) is 34.8. The minimum atomic E-state index is -0.729. The van der Waals surface area contributed by atoms with E-state index in [4.69, 9.17) is 14.2 Å². The topological polar surface area (TPSA) is 84.3 Å². The van der Waals surface area contributed by atoms with Gasteiger partial charge in [0.15, 0.2) is 0 Å². The Kier molecular flexibility index (Phi) is 10.0. The maximum Gasteiger partial charge on any atom is 0.138 e. The van der Waals surface area contributed by atoms with Gasteiger partial charge in [0.2, 0.25) is 0 Å². The lowest BCUT2D eigenvalue weighted by molar-refractivity contribution is 0.0335. The second-order valence-corrected chi connectivity index (χ2v) is 10.2. The van der Waals surface area contributed by atoms with Crippen LogP contribution in [0.1, 0.15) is 11.1 Å².